The van der Waals surface area contributed by atoms with Crippen molar-refractivity contribution < 1.29 is 9.18 Å². The molecule has 1 fully saturated rings. The molecule has 6 heteroatoms. The smallest absolute Gasteiger partial charge is 0.221 e. The van der Waals surface area contributed by atoms with Gasteiger partial charge in [0.25, 0.3) is 0 Å². The topological polar surface area (TPSA) is 61.6 Å². The molecule has 5 nitrogen and oxygen atoms in total. The van der Waals surface area contributed by atoms with Gasteiger partial charge in [-0.15, -0.1) is 0 Å². The van der Waals surface area contributed by atoms with Crippen molar-refractivity contribution in [2.24, 2.45) is 5.73 Å². The van der Waals surface area contributed by atoms with Gasteiger partial charge >= 0.3 is 0 Å². The summed E-state index contributed by atoms with van der Waals surface area (Å²) in [4.78, 5) is 16.4. The number of carbonyl (C=O) groups excluding carboxylic acids is 1. The predicted molar refractivity (Wildman–Crippen MR) is 91.0 cm³/mol. The summed E-state index contributed by atoms with van der Waals surface area (Å²) >= 11 is 0. The van der Waals surface area contributed by atoms with Crippen LogP contribution in [0.15, 0.2) is 18.2 Å². The number of anilines is 1. The summed E-state index contributed by atoms with van der Waals surface area (Å²) in [5.74, 6) is -0.387. The summed E-state index contributed by atoms with van der Waals surface area (Å²) in [6.07, 6.45) is 0.282. The third-order valence-corrected chi connectivity index (χ3v) is 4.37. The molecule has 1 amide bonds. The molecule has 128 valence electrons. The average Bonchev–Trinajstić information content (AvgIpc) is 2.55. The van der Waals surface area contributed by atoms with Crippen molar-refractivity contribution in [3.63, 3.8) is 0 Å². The monoisotopic (exact) mass is 322 g/mol. The molecule has 0 spiro atoms. The van der Waals surface area contributed by atoms with E-state index in [0.29, 0.717) is 6.54 Å². The van der Waals surface area contributed by atoms with Crippen molar-refractivity contribution in [1.29, 1.82) is 0 Å². The predicted octanol–water partition coefficient (Wildman–Crippen LogP) is 1.49. The Bertz CT molecular complexity index is 529. The van der Waals surface area contributed by atoms with Crippen molar-refractivity contribution in [2.45, 2.75) is 26.3 Å². The van der Waals surface area contributed by atoms with Gasteiger partial charge in [0, 0.05) is 50.4 Å². The number of hydrogen-bond donors (Lipinski definition) is 2. The molecule has 1 saturated heterocycles. The Morgan fingerprint density at radius 1 is 1.35 bits per heavy atom. The number of benzene rings is 1. The second-order valence-corrected chi connectivity index (χ2v) is 5.95. The molecular formula is C17H27FN4O. The third-order valence-electron chi connectivity index (χ3n) is 4.37. The zero-order valence-corrected chi connectivity index (χ0v) is 14.0. The van der Waals surface area contributed by atoms with Gasteiger partial charge in [-0.3, -0.25) is 4.79 Å². The molecule has 1 aliphatic heterocycles. The minimum atomic E-state index is -0.282. The lowest BCUT2D eigenvalue weighted by atomic mass is 10.0. The van der Waals surface area contributed by atoms with E-state index in [1.807, 2.05) is 13.0 Å². The van der Waals surface area contributed by atoms with Gasteiger partial charge in [-0.2, -0.15) is 0 Å². The number of carbonyl (C=O) groups is 1. The van der Waals surface area contributed by atoms with Crippen molar-refractivity contribution in [2.75, 3.05) is 44.2 Å². The fourth-order valence-electron chi connectivity index (χ4n) is 2.99. The van der Waals surface area contributed by atoms with Crippen molar-refractivity contribution in [3.8, 4) is 0 Å². The quantitative estimate of drug-likeness (QED) is 0.833. The van der Waals surface area contributed by atoms with Crippen LogP contribution in [0.2, 0.25) is 0 Å². The highest BCUT2D eigenvalue weighted by Crippen LogP contribution is 2.28. The number of nitrogens with one attached hydrogen (secondary N) is 1. The highest BCUT2D eigenvalue weighted by Gasteiger charge is 2.21. The van der Waals surface area contributed by atoms with E-state index in [4.69, 9.17) is 5.73 Å². The number of likely N-dealkylation sites (N-methyl/N-ethyl adjacent to an activating group) is 1. The van der Waals surface area contributed by atoms with Crippen LogP contribution in [0, 0.1) is 5.82 Å². The Hall–Kier alpha value is -1.66. The summed E-state index contributed by atoms with van der Waals surface area (Å²) in [5.41, 5.74) is 7.23. The van der Waals surface area contributed by atoms with Crippen LogP contribution in [0.4, 0.5) is 10.1 Å². The fraction of sp³-hybridized carbons (Fsp3) is 0.588. The van der Waals surface area contributed by atoms with Crippen LogP contribution in [0.1, 0.15) is 31.9 Å². The molecule has 0 saturated carbocycles. The highest BCUT2D eigenvalue weighted by molar-refractivity contribution is 5.77. The zero-order chi connectivity index (χ0) is 16.8. The number of halogens is 1. The largest absolute Gasteiger partial charge is 0.369 e. The average molecular weight is 322 g/mol. The minimum absolute atomic E-state index is 0.106. The van der Waals surface area contributed by atoms with Gasteiger partial charge in [-0.05, 0) is 31.7 Å². The second-order valence-electron chi connectivity index (χ2n) is 5.95. The molecule has 1 aromatic carbocycles. The lowest BCUT2D eigenvalue weighted by Gasteiger charge is -2.37. The van der Waals surface area contributed by atoms with E-state index in [1.165, 1.54) is 12.1 Å². The number of hydrogen-bond acceptors (Lipinski definition) is 4. The zero-order valence-electron chi connectivity index (χ0n) is 14.0. The number of nitrogens with two attached hydrogens (primary N) is 1. The first-order valence-corrected chi connectivity index (χ1v) is 8.31. The van der Waals surface area contributed by atoms with Gasteiger partial charge in [-0.25, -0.2) is 4.39 Å². The van der Waals surface area contributed by atoms with Crippen molar-refractivity contribution in [3.05, 3.63) is 29.6 Å². The molecular weight excluding hydrogens is 295 g/mol. The number of nitrogens with zero attached hydrogens (tertiary/aromatic N) is 2. The van der Waals surface area contributed by atoms with Crippen molar-refractivity contribution >= 4 is 11.6 Å². The summed E-state index contributed by atoms with van der Waals surface area (Å²) in [7, 11) is 0. The van der Waals surface area contributed by atoms with Gasteiger partial charge in [-0.1, -0.05) is 6.92 Å². The Balaban J connectivity index is 2.15. The minimum Gasteiger partial charge on any atom is -0.369 e. The maximum Gasteiger partial charge on any atom is 0.221 e. The van der Waals surface area contributed by atoms with Crippen LogP contribution in [0.25, 0.3) is 0 Å². The molecule has 0 aromatic heterocycles. The Morgan fingerprint density at radius 3 is 2.65 bits per heavy atom. The highest BCUT2D eigenvalue weighted by atomic mass is 19.1. The number of piperazine rings is 1. The molecule has 3 N–H and O–H groups in total. The van der Waals surface area contributed by atoms with Crippen LogP contribution < -0.4 is 16.0 Å². The molecule has 1 unspecified atom stereocenters. The van der Waals surface area contributed by atoms with Gasteiger partial charge in [0.05, 0.1) is 6.04 Å². The van der Waals surface area contributed by atoms with E-state index >= 15 is 0 Å². The van der Waals surface area contributed by atoms with Crippen LogP contribution in [-0.4, -0.2) is 50.1 Å². The van der Waals surface area contributed by atoms with E-state index in [1.54, 1.807) is 0 Å². The Morgan fingerprint density at radius 2 is 2.04 bits per heavy atom. The summed E-state index contributed by atoms with van der Waals surface area (Å²) in [6.45, 7) is 9.24. The lowest BCUT2D eigenvalue weighted by molar-refractivity contribution is -0.121. The molecule has 2 rings (SSSR count). The first kappa shape index (κ1) is 17.7. The Kier molecular flexibility index (Phi) is 6.36. The lowest BCUT2D eigenvalue weighted by Crippen LogP contribution is -2.46. The van der Waals surface area contributed by atoms with Crippen LogP contribution in [0.5, 0.6) is 0 Å². The van der Waals surface area contributed by atoms with Crippen molar-refractivity contribution in [1.82, 2.24) is 10.2 Å². The molecule has 1 aromatic rings. The number of amides is 1. The van der Waals surface area contributed by atoms with Crippen LogP contribution in [-0.2, 0) is 4.79 Å². The molecule has 0 radical (unpaired) electrons. The molecule has 1 heterocycles. The maximum absolute atomic E-state index is 13.7. The van der Waals surface area contributed by atoms with Gasteiger partial charge in [0.2, 0.25) is 5.91 Å². The van der Waals surface area contributed by atoms with Crippen LogP contribution >= 0.6 is 0 Å². The number of rotatable bonds is 6. The molecule has 0 aliphatic carbocycles. The standard InChI is InChI=1S/C17H27FN4O/c1-3-21-8-10-22(11-9-21)16-5-4-14(18)12-15(16)13(2)20-17(23)6-7-19/h4-5,12-13H,3,6-11,19H2,1-2H3,(H,20,23). The van der Waals surface area contributed by atoms with E-state index in [9.17, 15) is 9.18 Å². The molecule has 1 aliphatic rings. The maximum atomic E-state index is 13.7. The van der Waals surface area contributed by atoms with Gasteiger partial charge in [0.15, 0.2) is 0 Å². The first-order chi connectivity index (χ1) is 11.0. The van der Waals surface area contributed by atoms with E-state index in [-0.39, 0.29) is 24.2 Å². The molecule has 23 heavy (non-hydrogen) atoms. The van der Waals surface area contributed by atoms with E-state index in [0.717, 1.165) is 44.0 Å². The third kappa shape index (κ3) is 4.65. The summed E-state index contributed by atoms with van der Waals surface area (Å²) < 4.78 is 13.7. The summed E-state index contributed by atoms with van der Waals surface area (Å²) in [5, 5.41) is 2.90. The van der Waals surface area contributed by atoms with Gasteiger partial charge < -0.3 is 20.9 Å². The molecule has 0 bridgehead atoms. The second kappa shape index (κ2) is 8.26. The molecule has 1 atom stereocenters. The van der Waals surface area contributed by atoms with Gasteiger partial charge in [0.1, 0.15) is 5.82 Å². The summed E-state index contributed by atoms with van der Waals surface area (Å²) in [6, 6.07) is 4.58. The fourth-order valence-corrected chi connectivity index (χ4v) is 2.99. The first-order valence-electron chi connectivity index (χ1n) is 8.31. The van der Waals surface area contributed by atoms with E-state index < -0.39 is 0 Å². The van der Waals surface area contributed by atoms with E-state index in [2.05, 4.69) is 22.0 Å². The Labute approximate surface area is 137 Å². The SMILES string of the molecule is CCN1CCN(c2ccc(F)cc2C(C)NC(=O)CCN)CC1. The normalized spacial score (nSPS) is 17.1. The van der Waals surface area contributed by atoms with Crippen LogP contribution in [0.3, 0.4) is 0 Å².